The molecule has 0 radical (unpaired) electrons. The second-order valence-electron chi connectivity index (χ2n) is 3.83. The summed E-state index contributed by atoms with van der Waals surface area (Å²) >= 11 is 1.92. The molecule has 0 bridgehead atoms. The first kappa shape index (κ1) is 11.8. The zero-order valence-electron chi connectivity index (χ0n) is 9.05. The quantitative estimate of drug-likeness (QED) is 0.507. The average molecular weight is 212 g/mol. The van der Waals surface area contributed by atoms with Crippen LogP contribution in [0.1, 0.15) is 51.9 Å². The van der Waals surface area contributed by atoms with Crippen molar-refractivity contribution in [3.05, 3.63) is 10.5 Å². The van der Waals surface area contributed by atoms with Crippen molar-refractivity contribution < 1.29 is 4.79 Å². The van der Waals surface area contributed by atoms with Crippen molar-refractivity contribution in [2.45, 2.75) is 51.9 Å². The minimum absolute atomic E-state index is 1.01. The third kappa shape index (κ3) is 3.87. The van der Waals surface area contributed by atoms with E-state index in [1.165, 1.54) is 42.8 Å². The Hall–Kier alpha value is -0.240. The van der Waals surface area contributed by atoms with Crippen LogP contribution in [0, 0.1) is 0 Å². The van der Waals surface area contributed by atoms with Gasteiger partial charge in [-0.25, -0.2) is 0 Å². The first-order valence-electron chi connectivity index (χ1n) is 5.68. The molecule has 0 saturated heterocycles. The first-order valence-corrected chi connectivity index (χ1v) is 6.67. The maximum atomic E-state index is 10.9. The second-order valence-corrected chi connectivity index (χ2v) is 5.02. The van der Waals surface area contributed by atoms with Crippen molar-refractivity contribution in [2.75, 3.05) is 5.75 Å². The Bertz CT molecular complexity index is 208. The van der Waals surface area contributed by atoms with Crippen LogP contribution in [-0.2, 0) is 4.79 Å². The van der Waals surface area contributed by atoms with Gasteiger partial charge in [-0.1, -0.05) is 19.8 Å². The predicted molar refractivity (Wildman–Crippen MR) is 63.5 cm³/mol. The molecule has 0 fully saturated rings. The van der Waals surface area contributed by atoms with E-state index in [2.05, 4.69) is 6.92 Å². The molecule has 2 heteroatoms. The van der Waals surface area contributed by atoms with Gasteiger partial charge in [-0.3, -0.25) is 4.79 Å². The lowest BCUT2D eigenvalue weighted by molar-refractivity contribution is -0.105. The number of carbonyl (C=O) groups is 1. The lowest BCUT2D eigenvalue weighted by Crippen LogP contribution is -1.90. The van der Waals surface area contributed by atoms with Crippen LogP contribution in [0.3, 0.4) is 0 Å². The molecule has 0 aromatic carbocycles. The fraction of sp³-hybridized carbons (Fsp3) is 0.750. The van der Waals surface area contributed by atoms with Crippen molar-refractivity contribution in [2.24, 2.45) is 0 Å². The minimum atomic E-state index is 1.01. The number of aldehydes is 1. The summed E-state index contributed by atoms with van der Waals surface area (Å²) in [7, 11) is 0. The van der Waals surface area contributed by atoms with Gasteiger partial charge in [0.25, 0.3) is 0 Å². The predicted octanol–water partition coefficient (Wildman–Crippen LogP) is 3.94. The molecular formula is C12H20OS. The molecular weight excluding hydrogens is 192 g/mol. The Morgan fingerprint density at radius 2 is 2.07 bits per heavy atom. The Morgan fingerprint density at radius 1 is 1.29 bits per heavy atom. The van der Waals surface area contributed by atoms with Crippen LogP contribution in [0.15, 0.2) is 10.5 Å². The van der Waals surface area contributed by atoms with Gasteiger partial charge in [-0.15, -0.1) is 11.8 Å². The third-order valence-electron chi connectivity index (χ3n) is 2.62. The molecule has 0 aromatic rings. The Kier molecular flexibility index (Phi) is 6.00. The monoisotopic (exact) mass is 212 g/mol. The second kappa shape index (κ2) is 7.10. The first-order chi connectivity index (χ1) is 6.88. The Balaban J connectivity index is 2.49. The smallest absolute Gasteiger partial charge is 0.146 e. The highest BCUT2D eigenvalue weighted by Crippen LogP contribution is 2.31. The van der Waals surface area contributed by atoms with E-state index in [0.717, 1.165) is 24.7 Å². The van der Waals surface area contributed by atoms with Crippen molar-refractivity contribution >= 4 is 18.0 Å². The lowest BCUT2D eigenvalue weighted by Gasteiger charge is -2.06. The number of rotatable bonds is 5. The summed E-state index contributed by atoms with van der Waals surface area (Å²) in [5.41, 5.74) is 1.09. The number of thioether (sulfide) groups is 1. The molecule has 0 aliphatic heterocycles. The van der Waals surface area contributed by atoms with Gasteiger partial charge >= 0.3 is 0 Å². The average Bonchev–Trinajstić information content (AvgIpc) is 2.43. The van der Waals surface area contributed by atoms with Crippen LogP contribution in [-0.4, -0.2) is 12.0 Å². The summed E-state index contributed by atoms with van der Waals surface area (Å²) in [6, 6.07) is 0. The molecule has 1 nitrogen and oxygen atoms in total. The highest BCUT2D eigenvalue weighted by atomic mass is 32.2. The van der Waals surface area contributed by atoms with E-state index in [4.69, 9.17) is 0 Å². The molecule has 0 atom stereocenters. The largest absolute Gasteiger partial charge is 0.298 e. The molecule has 0 unspecified atom stereocenters. The summed E-state index contributed by atoms with van der Waals surface area (Å²) in [6.45, 7) is 2.21. The molecule has 1 aliphatic rings. The van der Waals surface area contributed by atoms with Gasteiger partial charge in [0, 0.05) is 5.57 Å². The van der Waals surface area contributed by atoms with Crippen molar-refractivity contribution in [1.82, 2.24) is 0 Å². The van der Waals surface area contributed by atoms with Gasteiger partial charge in [-0.2, -0.15) is 0 Å². The SMILES string of the molecule is CCCCSC1=C(C=O)CCCCC1. The maximum Gasteiger partial charge on any atom is 0.146 e. The van der Waals surface area contributed by atoms with Gasteiger partial charge in [0.2, 0.25) is 0 Å². The zero-order chi connectivity index (χ0) is 10.2. The van der Waals surface area contributed by atoms with E-state index in [9.17, 15) is 4.79 Å². The number of carbonyl (C=O) groups excluding carboxylic acids is 1. The summed E-state index contributed by atoms with van der Waals surface area (Å²) in [5, 5.41) is 0. The molecule has 0 spiro atoms. The van der Waals surface area contributed by atoms with Crippen LogP contribution in [0.2, 0.25) is 0 Å². The normalized spacial score (nSPS) is 18.1. The summed E-state index contributed by atoms with van der Waals surface area (Å²) in [5.74, 6) is 1.18. The molecule has 0 saturated carbocycles. The van der Waals surface area contributed by atoms with E-state index >= 15 is 0 Å². The van der Waals surface area contributed by atoms with Crippen molar-refractivity contribution in [3.63, 3.8) is 0 Å². The zero-order valence-corrected chi connectivity index (χ0v) is 9.87. The van der Waals surface area contributed by atoms with Gasteiger partial charge in [0.05, 0.1) is 0 Å². The van der Waals surface area contributed by atoms with E-state index in [1.54, 1.807) is 0 Å². The van der Waals surface area contributed by atoms with E-state index in [-0.39, 0.29) is 0 Å². The summed E-state index contributed by atoms with van der Waals surface area (Å²) < 4.78 is 0. The fourth-order valence-electron chi connectivity index (χ4n) is 1.71. The molecule has 80 valence electrons. The minimum Gasteiger partial charge on any atom is -0.298 e. The third-order valence-corrected chi connectivity index (χ3v) is 3.93. The molecule has 1 rings (SSSR count). The van der Waals surface area contributed by atoms with E-state index in [1.807, 2.05) is 11.8 Å². The number of hydrogen-bond acceptors (Lipinski definition) is 2. The topological polar surface area (TPSA) is 17.1 Å². The summed E-state index contributed by atoms with van der Waals surface area (Å²) in [4.78, 5) is 12.3. The van der Waals surface area contributed by atoms with E-state index < -0.39 is 0 Å². The standard InChI is InChI=1S/C12H20OS/c1-2-3-9-14-12-8-6-4-5-7-11(12)10-13/h10H,2-9H2,1H3. The van der Waals surface area contributed by atoms with Gasteiger partial charge in [0.15, 0.2) is 0 Å². The number of unbranched alkanes of at least 4 members (excludes halogenated alkanes) is 1. The van der Waals surface area contributed by atoms with Gasteiger partial charge < -0.3 is 0 Å². The van der Waals surface area contributed by atoms with Crippen molar-refractivity contribution in [1.29, 1.82) is 0 Å². The Morgan fingerprint density at radius 3 is 2.79 bits per heavy atom. The molecule has 0 aromatic heterocycles. The summed E-state index contributed by atoms with van der Waals surface area (Å²) in [6.07, 6.45) is 9.50. The van der Waals surface area contributed by atoms with Crippen LogP contribution in [0.25, 0.3) is 0 Å². The van der Waals surface area contributed by atoms with Crippen LogP contribution >= 0.6 is 11.8 Å². The molecule has 0 amide bonds. The number of allylic oxidation sites excluding steroid dienone is 2. The van der Waals surface area contributed by atoms with Crippen LogP contribution in [0.5, 0.6) is 0 Å². The highest BCUT2D eigenvalue weighted by molar-refractivity contribution is 8.03. The van der Waals surface area contributed by atoms with Gasteiger partial charge in [-0.05, 0) is 42.8 Å². The van der Waals surface area contributed by atoms with Crippen LogP contribution in [0.4, 0.5) is 0 Å². The molecule has 1 aliphatic carbocycles. The van der Waals surface area contributed by atoms with Crippen LogP contribution < -0.4 is 0 Å². The van der Waals surface area contributed by atoms with Gasteiger partial charge in [0.1, 0.15) is 6.29 Å². The highest BCUT2D eigenvalue weighted by Gasteiger charge is 2.10. The lowest BCUT2D eigenvalue weighted by atomic mass is 10.1. The Labute approximate surface area is 91.3 Å². The number of hydrogen-bond donors (Lipinski definition) is 0. The van der Waals surface area contributed by atoms with E-state index in [0.29, 0.717) is 0 Å². The molecule has 0 heterocycles. The maximum absolute atomic E-state index is 10.9. The fourth-order valence-corrected chi connectivity index (χ4v) is 3.01. The molecule has 0 N–H and O–H groups in total. The molecule has 14 heavy (non-hydrogen) atoms. The van der Waals surface area contributed by atoms with Crippen molar-refractivity contribution in [3.8, 4) is 0 Å².